The summed E-state index contributed by atoms with van der Waals surface area (Å²) in [6.45, 7) is -0.928. The van der Waals surface area contributed by atoms with E-state index in [0.29, 0.717) is 13.1 Å². The highest BCUT2D eigenvalue weighted by molar-refractivity contribution is 5.77. The minimum absolute atomic E-state index is 0.0744. The lowest BCUT2D eigenvalue weighted by Gasteiger charge is -2.32. The Bertz CT molecular complexity index is 434. The molecular weight excluding hydrogens is 275 g/mol. The number of carbonyl (C=O) groups excluding carboxylic acids is 1. The molecule has 1 amide bonds. The highest BCUT2D eigenvalue weighted by atomic mass is 19.4. The van der Waals surface area contributed by atoms with E-state index in [1.54, 1.807) is 16.9 Å². The molecule has 0 aliphatic carbocycles. The summed E-state index contributed by atoms with van der Waals surface area (Å²) in [7, 11) is 0. The van der Waals surface area contributed by atoms with Gasteiger partial charge in [-0.2, -0.15) is 18.3 Å². The zero-order chi connectivity index (χ0) is 14.6. The SMILES string of the molecule is O=C(COCC(F)(F)F)N1CCC[C@@H](n2cccn2)C1. The average Bonchev–Trinajstić information content (AvgIpc) is 2.91. The number of alkyl halides is 3. The Morgan fingerprint density at radius 1 is 1.45 bits per heavy atom. The first kappa shape index (κ1) is 14.8. The summed E-state index contributed by atoms with van der Waals surface area (Å²) in [4.78, 5) is 13.3. The number of rotatable bonds is 4. The van der Waals surface area contributed by atoms with Crippen molar-refractivity contribution in [1.29, 1.82) is 0 Å². The fourth-order valence-corrected chi connectivity index (χ4v) is 2.24. The second-order valence-corrected chi connectivity index (χ2v) is 4.73. The number of piperidine rings is 1. The molecule has 8 heteroatoms. The molecule has 1 aromatic heterocycles. The first-order chi connectivity index (χ1) is 9.46. The van der Waals surface area contributed by atoms with Crippen LogP contribution in [0.15, 0.2) is 18.5 Å². The van der Waals surface area contributed by atoms with Crippen molar-refractivity contribution >= 4 is 5.91 Å². The van der Waals surface area contributed by atoms with Crippen molar-refractivity contribution in [3.05, 3.63) is 18.5 Å². The number of nitrogens with zero attached hydrogens (tertiary/aromatic N) is 3. The van der Waals surface area contributed by atoms with Gasteiger partial charge in [-0.3, -0.25) is 9.48 Å². The van der Waals surface area contributed by atoms with Gasteiger partial charge in [0, 0.05) is 25.5 Å². The van der Waals surface area contributed by atoms with Crippen molar-refractivity contribution in [1.82, 2.24) is 14.7 Å². The Hall–Kier alpha value is -1.57. The minimum atomic E-state index is -4.40. The predicted octanol–water partition coefficient (Wildman–Crippen LogP) is 1.63. The number of carbonyl (C=O) groups is 1. The van der Waals surface area contributed by atoms with Gasteiger partial charge in [-0.1, -0.05) is 0 Å². The van der Waals surface area contributed by atoms with Crippen molar-refractivity contribution in [2.75, 3.05) is 26.3 Å². The molecule has 112 valence electrons. The summed E-state index contributed by atoms with van der Waals surface area (Å²) in [6, 6.07) is 1.87. The van der Waals surface area contributed by atoms with Crippen LogP contribution in [0.25, 0.3) is 0 Å². The molecule has 1 fully saturated rings. The zero-order valence-electron chi connectivity index (χ0n) is 10.8. The third-order valence-corrected chi connectivity index (χ3v) is 3.14. The molecule has 2 rings (SSSR count). The van der Waals surface area contributed by atoms with Crippen molar-refractivity contribution in [3.8, 4) is 0 Å². The van der Waals surface area contributed by atoms with Crippen LogP contribution >= 0.6 is 0 Å². The van der Waals surface area contributed by atoms with E-state index < -0.39 is 25.3 Å². The summed E-state index contributed by atoms with van der Waals surface area (Å²) >= 11 is 0. The lowest BCUT2D eigenvalue weighted by molar-refractivity contribution is -0.178. The Labute approximate surface area is 114 Å². The van der Waals surface area contributed by atoms with Crippen molar-refractivity contribution in [3.63, 3.8) is 0 Å². The standard InChI is InChI=1S/C12H16F3N3O2/c13-12(14,15)9-20-8-11(19)17-5-1-3-10(7-17)18-6-2-4-16-18/h2,4,6,10H,1,3,5,7-9H2/t10-/m1/s1. The average molecular weight is 291 g/mol. The van der Waals surface area contributed by atoms with Crippen LogP contribution in [-0.4, -0.2) is 53.1 Å². The summed E-state index contributed by atoms with van der Waals surface area (Å²) in [5.74, 6) is -0.411. The Morgan fingerprint density at radius 3 is 2.90 bits per heavy atom. The smallest absolute Gasteiger partial charge is 0.362 e. The highest BCUT2D eigenvalue weighted by Gasteiger charge is 2.29. The van der Waals surface area contributed by atoms with Crippen LogP contribution in [-0.2, 0) is 9.53 Å². The van der Waals surface area contributed by atoms with Crippen molar-refractivity contribution in [2.24, 2.45) is 0 Å². The van der Waals surface area contributed by atoms with Gasteiger partial charge in [0.15, 0.2) is 0 Å². The summed E-state index contributed by atoms with van der Waals surface area (Å²) in [5, 5.41) is 4.13. The second-order valence-electron chi connectivity index (χ2n) is 4.73. The van der Waals surface area contributed by atoms with Gasteiger partial charge in [0.05, 0.1) is 6.04 Å². The van der Waals surface area contributed by atoms with Crippen molar-refractivity contribution < 1.29 is 22.7 Å². The molecular formula is C12H16F3N3O2. The number of amides is 1. The van der Waals surface area contributed by atoms with E-state index in [-0.39, 0.29) is 6.04 Å². The highest BCUT2D eigenvalue weighted by Crippen LogP contribution is 2.21. The number of likely N-dealkylation sites (tertiary alicyclic amines) is 1. The molecule has 0 unspecified atom stereocenters. The number of hydrogen-bond donors (Lipinski definition) is 0. The monoisotopic (exact) mass is 291 g/mol. The van der Waals surface area contributed by atoms with Crippen molar-refractivity contribution in [2.45, 2.75) is 25.1 Å². The van der Waals surface area contributed by atoms with E-state index in [9.17, 15) is 18.0 Å². The van der Waals surface area contributed by atoms with E-state index in [1.165, 1.54) is 4.90 Å². The number of hydrogen-bond acceptors (Lipinski definition) is 3. The summed E-state index contributed by atoms with van der Waals surface area (Å²) in [6.07, 6.45) is 0.774. The normalized spacial score (nSPS) is 20.1. The number of halogens is 3. The van der Waals surface area contributed by atoms with Crippen LogP contribution in [0.3, 0.4) is 0 Å². The van der Waals surface area contributed by atoms with Gasteiger partial charge in [0.2, 0.25) is 5.91 Å². The molecule has 1 atom stereocenters. The predicted molar refractivity (Wildman–Crippen MR) is 64.0 cm³/mol. The third-order valence-electron chi connectivity index (χ3n) is 3.14. The van der Waals surface area contributed by atoms with E-state index in [2.05, 4.69) is 9.84 Å². The first-order valence-electron chi connectivity index (χ1n) is 6.37. The van der Waals surface area contributed by atoms with Crippen LogP contribution in [0.5, 0.6) is 0 Å². The third kappa shape index (κ3) is 4.22. The molecule has 20 heavy (non-hydrogen) atoms. The van der Waals surface area contributed by atoms with E-state index in [1.807, 2.05) is 6.20 Å². The van der Waals surface area contributed by atoms with E-state index in [4.69, 9.17) is 0 Å². The maximum atomic E-state index is 11.9. The molecule has 0 radical (unpaired) electrons. The van der Waals surface area contributed by atoms with Crippen LogP contribution in [0.4, 0.5) is 13.2 Å². The maximum Gasteiger partial charge on any atom is 0.411 e. The quantitative estimate of drug-likeness (QED) is 0.847. The first-order valence-corrected chi connectivity index (χ1v) is 6.37. The van der Waals surface area contributed by atoms with Crippen LogP contribution in [0.1, 0.15) is 18.9 Å². The van der Waals surface area contributed by atoms with E-state index >= 15 is 0 Å². The minimum Gasteiger partial charge on any atom is -0.362 e. The molecule has 1 saturated heterocycles. The summed E-state index contributed by atoms with van der Waals surface area (Å²) < 4.78 is 42.0. The van der Waals surface area contributed by atoms with Gasteiger partial charge in [-0.05, 0) is 18.9 Å². The lowest BCUT2D eigenvalue weighted by atomic mass is 10.1. The number of aromatic nitrogens is 2. The molecule has 1 aliphatic heterocycles. The molecule has 1 aliphatic rings. The largest absolute Gasteiger partial charge is 0.411 e. The topological polar surface area (TPSA) is 47.4 Å². The van der Waals surface area contributed by atoms with Gasteiger partial charge >= 0.3 is 6.18 Å². The molecule has 0 bridgehead atoms. The van der Waals surface area contributed by atoms with Gasteiger partial charge in [0.1, 0.15) is 13.2 Å². The number of ether oxygens (including phenoxy) is 1. The lowest BCUT2D eigenvalue weighted by Crippen LogP contribution is -2.42. The molecule has 0 spiro atoms. The van der Waals surface area contributed by atoms with Gasteiger partial charge in [-0.25, -0.2) is 0 Å². The van der Waals surface area contributed by atoms with Crippen LogP contribution in [0.2, 0.25) is 0 Å². The molecule has 2 heterocycles. The molecule has 0 N–H and O–H groups in total. The van der Waals surface area contributed by atoms with E-state index in [0.717, 1.165) is 12.8 Å². The second kappa shape index (κ2) is 6.25. The molecule has 1 aromatic rings. The molecule has 0 saturated carbocycles. The summed E-state index contributed by atoms with van der Waals surface area (Å²) in [5.41, 5.74) is 0. The Morgan fingerprint density at radius 2 is 2.25 bits per heavy atom. The Kier molecular flexibility index (Phi) is 4.64. The fourth-order valence-electron chi connectivity index (χ4n) is 2.24. The van der Waals surface area contributed by atoms with Gasteiger partial charge in [-0.15, -0.1) is 0 Å². The van der Waals surface area contributed by atoms with Gasteiger partial charge in [0.25, 0.3) is 0 Å². The van der Waals surface area contributed by atoms with Crippen LogP contribution in [0, 0.1) is 0 Å². The maximum absolute atomic E-state index is 11.9. The molecule has 0 aromatic carbocycles. The fraction of sp³-hybridized carbons (Fsp3) is 0.667. The van der Waals surface area contributed by atoms with Crippen LogP contribution < -0.4 is 0 Å². The zero-order valence-corrected chi connectivity index (χ0v) is 10.8. The molecule has 5 nitrogen and oxygen atoms in total. The Balaban J connectivity index is 1.81. The van der Waals surface area contributed by atoms with Gasteiger partial charge < -0.3 is 9.64 Å².